The van der Waals surface area contributed by atoms with Gasteiger partial charge < -0.3 is 14.5 Å². The molecular formula is C15H22N2O2. The highest BCUT2D eigenvalue weighted by molar-refractivity contribution is 5.81. The Hall–Kier alpha value is -1.55. The lowest BCUT2D eigenvalue weighted by Gasteiger charge is -2.35. The van der Waals surface area contributed by atoms with Crippen LogP contribution in [0.5, 0.6) is 5.75 Å². The molecule has 1 aromatic rings. The van der Waals surface area contributed by atoms with E-state index < -0.39 is 6.10 Å². The monoisotopic (exact) mass is 262 g/mol. The van der Waals surface area contributed by atoms with Crippen LogP contribution in [-0.4, -0.2) is 54.5 Å². The first-order valence-corrected chi connectivity index (χ1v) is 6.93. The molecule has 0 bridgehead atoms. The van der Waals surface area contributed by atoms with Gasteiger partial charge in [0.25, 0.3) is 5.91 Å². The molecule has 0 radical (unpaired) electrons. The molecule has 4 nitrogen and oxygen atoms in total. The number of para-hydroxylation sites is 1. The molecular weight excluding hydrogens is 240 g/mol. The van der Waals surface area contributed by atoms with Gasteiger partial charge in [0.1, 0.15) is 5.75 Å². The van der Waals surface area contributed by atoms with Gasteiger partial charge in [0.15, 0.2) is 6.10 Å². The lowest BCUT2D eigenvalue weighted by Crippen LogP contribution is -2.51. The average molecular weight is 262 g/mol. The Kier molecular flexibility index (Phi) is 4.80. The first-order valence-electron chi connectivity index (χ1n) is 6.93. The van der Waals surface area contributed by atoms with Crippen LogP contribution in [0.4, 0.5) is 0 Å². The van der Waals surface area contributed by atoms with Gasteiger partial charge in [0, 0.05) is 26.2 Å². The van der Waals surface area contributed by atoms with Gasteiger partial charge in [0.05, 0.1) is 0 Å². The quantitative estimate of drug-likeness (QED) is 0.826. The molecule has 1 saturated heterocycles. The molecule has 4 heteroatoms. The number of carbonyl (C=O) groups is 1. The normalized spacial score (nSPS) is 18.1. The van der Waals surface area contributed by atoms with Crippen molar-refractivity contribution in [3.05, 3.63) is 30.3 Å². The molecule has 0 saturated carbocycles. The zero-order valence-electron chi connectivity index (χ0n) is 11.7. The number of ether oxygens (including phenoxy) is 1. The number of carbonyl (C=O) groups excluding carboxylic acids is 1. The standard InChI is InChI=1S/C15H22N2O2/c1-3-16-9-11-17(12-10-16)15(18)13(2)19-14-7-5-4-6-8-14/h4-8,13H,3,9-12H2,1-2H3. The lowest BCUT2D eigenvalue weighted by atomic mass is 10.2. The molecule has 0 N–H and O–H groups in total. The van der Waals surface area contributed by atoms with E-state index in [0.717, 1.165) is 38.5 Å². The van der Waals surface area contributed by atoms with Crippen molar-refractivity contribution in [2.24, 2.45) is 0 Å². The Balaban J connectivity index is 1.86. The highest BCUT2D eigenvalue weighted by Crippen LogP contribution is 2.13. The fourth-order valence-corrected chi connectivity index (χ4v) is 2.30. The summed E-state index contributed by atoms with van der Waals surface area (Å²) in [7, 11) is 0. The highest BCUT2D eigenvalue weighted by Gasteiger charge is 2.25. The fraction of sp³-hybridized carbons (Fsp3) is 0.533. The summed E-state index contributed by atoms with van der Waals surface area (Å²) in [4.78, 5) is 16.5. The molecule has 104 valence electrons. The highest BCUT2D eigenvalue weighted by atomic mass is 16.5. The van der Waals surface area contributed by atoms with E-state index in [1.54, 1.807) is 0 Å². The zero-order valence-corrected chi connectivity index (χ0v) is 11.7. The Labute approximate surface area is 115 Å². The summed E-state index contributed by atoms with van der Waals surface area (Å²) in [6, 6.07) is 9.50. The molecule has 1 aliphatic heterocycles. The summed E-state index contributed by atoms with van der Waals surface area (Å²) in [6.45, 7) is 8.54. The van der Waals surface area contributed by atoms with E-state index in [4.69, 9.17) is 4.74 Å². The molecule has 1 aliphatic rings. The van der Waals surface area contributed by atoms with Gasteiger partial charge in [-0.25, -0.2) is 0 Å². The fourth-order valence-electron chi connectivity index (χ4n) is 2.30. The minimum Gasteiger partial charge on any atom is -0.481 e. The van der Waals surface area contributed by atoms with Gasteiger partial charge in [-0.2, -0.15) is 0 Å². The minimum atomic E-state index is -0.421. The SMILES string of the molecule is CCN1CCN(C(=O)C(C)Oc2ccccc2)CC1. The van der Waals surface area contributed by atoms with Crippen molar-refractivity contribution in [2.45, 2.75) is 20.0 Å². The molecule has 0 spiro atoms. The molecule has 2 rings (SSSR count). The van der Waals surface area contributed by atoms with Gasteiger partial charge >= 0.3 is 0 Å². The van der Waals surface area contributed by atoms with Gasteiger partial charge in [-0.05, 0) is 25.6 Å². The van der Waals surface area contributed by atoms with Crippen molar-refractivity contribution < 1.29 is 9.53 Å². The van der Waals surface area contributed by atoms with Crippen LogP contribution in [0, 0.1) is 0 Å². The first-order chi connectivity index (χ1) is 9.20. The third kappa shape index (κ3) is 3.70. The Morgan fingerprint density at radius 3 is 2.42 bits per heavy atom. The minimum absolute atomic E-state index is 0.0830. The summed E-state index contributed by atoms with van der Waals surface area (Å²) in [5.74, 6) is 0.829. The van der Waals surface area contributed by atoms with Crippen LogP contribution in [0.15, 0.2) is 30.3 Å². The molecule has 19 heavy (non-hydrogen) atoms. The van der Waals surface area contributed by atoms with Gasteiger partial charge in [-0.15, -0.1) is 0 Å². The second kappa shape index (κ2) is 6.57. The summed E-state index contributed by atoms with van der Waals surface area (Å²) in [5.41, 5.74) is 0. The van der Waals surface area contributed by atoms with E-state index >= 15 is 0 Å². The van der Waals surface area contributed by atoms with Gasteiger partial charge in [-0.1, -0.05) is 25.1 Å². The molecule has 1 unspecified atom stereocenters. The second-order valence-electron chi connectivity index (χ2n) is 4.83. The van der Waals surface area contributed by atoms with Crippen LogP contribution in [0.1, 0.15) is 13.8 Å². The van der Waals surface area contributed by atoms with Crippen molar-refractivity contribution >= 4 is 5.91 Å². The van der Waals surface area contributed by atoms with Gasteiger partial charge in [-0.3, -0.25) is 4.79 Å². The lowest BCUT2D eigenvalue weighted by molar-refractivity contribution is -0.139. The third-order valence-electron chi connectivity index (χ3n) is 3.54. The third-order valence-corrected chi connectivity index (χ3v) is 3.54. The molecule has 0 aliphatic carbocycles. The van der Waals surface area contributed by atoms with Crippen LogP contribution in [0.3, 0.4) is 0 Å². The number of piperazine rings is 1. The Morgan fingerprint density at radius 2 is 1.84 bits per heavy atom. The zero-order chi connectivity index (χ0) is 13.7. The predicted molar refractivity (Wildman–Crippen MR) is 75.2 cm³/mol. The number of amides is 1. The molecule has 1 amide bonds. The van der Waals surface area contributed by atoms with Crippen molar-refractivity contribution in [3.63, 3.8) is 0 Å². The number of hydrogen-bond acceptors (Lipinski definition) is 3. The van der Waals surface area contributed by atoms with Crippen molar-refractivity contribution in [2.75, 3.05) is 32.7 Å². The van der Waals surface area contributed by atoms with E-state index in [2.05, 4.69) is 11.8 Å². The van der Waals surface area contributed by atoms with Crippen molar-refractivity contribution in [3.8, 4) is 5.75 Å². The van der Waals surface area contributed by atoms with E-state index in [1.165, 1.54) is 0 Å². The smallest absolute Gasteiger partial charge is 0.263 e. The maximum absolute atomic E-state index is 12.3. The first kappa shape index (κ1) is 13.9. The van der Waals surface area contributed by atoms with Crippen molar-refractivity contribution in [1.82, 2.24) is 9.80 Å². The number of rotatable bonds is 4. The molecule has 1 aromatic carbocycles. The van der Waals surface area contributed by atoms with Gasteiger partial charge in [0.2, 0.25) is 0 Å². The topological polar surface area (TPSA) is 32.8 Å². The number of hydrogen-bond donors (Lipinski definition) is 0. The number of likely N-dealkylation sites (N-methyl/N-ethyl adjacent to an activating group) is 1. The molecule has 0 aromatic heterocycles. The summed E-state index contributed by atoms with van der Waals surface area (Å²) < 4.78 is 5.68. The van der Waals surface area contributed by atoms with Crippen LogP contribution >= 0.6 is 0 Å². The van der Waals surface area contributed by atoms with E-state index in [0.29, 0.717) is 0 Å². The van der Waals surface area contributed by atoms with E-state index in [1.807, 2.05) is 42.2 Å². The van der Waals surface area contributed by atoms with E-state index in [9.17, 15) is 4.79 Å². The summed E-state index contributed by atoms with van der Waals surface area (Å²) >= 11 is 0. The van der Waals surface area contributed by atoms with Crippen LogP contribution < -0.4 is 4.74 Å². The average Bonchev–Trinajstić information content (AvgIpc) is 2.47. The Bertz CT molecular complexity index is 400. The summed E-state index contributed by atoms with van der Waals surface area (Å²) in [6.07, 6.45) is -0.421. The predicted octanol–water partition coefficient (Wildman–Crippen LogP) is 1.62. The van der Waals surface area contributed by atoms with Crippen LogP contribution in [0.2, 0.25) is 0 Å². The maximum atomic E-state index is 12.3. The van der Waals surface area contributed by atoms with Crippen LogP contribution in [-0.2, 0) is 4.79 Å². The van der Waals surface area contributed by atoms with E-state index in [-0.39, 0.29) is 5.91 Å². The largest absolute Gasteiger partial charge is 0.481 e. The maximum Gasteiger partial charge on any atom is 0.263 e. The molecule has 1 heterocycles. The number of nitrogens with zero attached hydrogens (tertiary/aromatic N) is 2. The summed E-state index contributed by atoms with van der Waals surface area (Å²) in [5, 5.41) is 0. The Morgan fingerprint density at radius 1 is 1.21 bits per heavy atom. The second-order valence-corrected chi connectivity index (χ2v) is 4.83. The van der Waals surface area contributed by atoms with Crippen LogP contribution in [0.25, 0.3) is 0 Å². The van der Waals surface area contributed by atoms with Crippen molar-refractivity contribution in [1.29, 1.82) is 0 Å². The number of benzene rings is 1. The molecule has 1 atom stereocenters. The molecule has 1 fully saturated rings.